The van der Waals surface area contributed by atoms with Gasteiger partial charge in [-0.05, 0) is 43.3 Å². The fourth-order valence-corrected chi connectivity index (χ4v) is 2.93. The molecular formula is C21H23N3O3. The average Bonchev–Trinajstić information content (AvgIpc) is 3.01. The van der Waals surface area contributed by atoms with Crippen LogP contribution >= 0.6 is 0 Å². The molecule has 3 rings (SSSR count). The summed E-state index contributed by atoms with van der Waals surface area (Å²) in [5, 5.41) is 2.86. The van der Waals surface area contributed by atoms with Crippen molar-refractivity contribution in [3.8, 4) is 5.75 Å². The Labute approximate surface area is 158 Å². The third-order valence-corrected chi connectivity index (χ3v) is 4.37. The second-order valence-electron chi connectivity index (χ2n) is 6.24. The highest BCUT2D eigenvalue weighted by Gasteiger charge is 2.08. The van der Waals surface area contributed by atoms with Crippen LogP contribution in [0.25, 0.3) is 11.0 Å². The molecule has 140 valence electrons. The van der Waals surface area contributed by atoms with E-state index in [1.165, 1.54) is 0 Å². The van der Waals surface area contributed by atoms with Crippen LogP contribution in [0.3, 0.4) is 0 Å². The van der Waals surface area contributed by atoms with Gasteiger partial charge in [0.05, 0.1) is 11.0 Å². The first-order chi connectivity index (χ1) is 13.1. The number of aromatic nitrogens is 2. The molecule has 2 aromatic carbocycles. The number of imidazole rings is 1. The van der Waals surface area contributed by atoms with Gasteiger partial charge in [0.15, 0.2) is 12.4 Å². The molecule has 1 N–H and O–H groups in total. The van der Waals surface area contributed by atoms with E-state index >= 15 is 0 Å². The molecule has 0 radical (unpaired) electrons. The van der Waals surface area contributed by atoms with Gasteiger partial charge >= 0.3 is 0 Å². The number of carbonyl (C=O) groups is 2. The molecule has 0 saturated carbocycles. The number of ketones is 1. The summed E-state index contributed by atoms with van der Waals surface area (Å²) >= 11 is 0. The lowest BCUT2D eigenvalue weighted by Crippen LogP contribution is -2.31. The number of Topliss-reactive ketones (excluding diaryl/α,β-unsaturated/α-hetero) is 1. The summed E-state index contributed by atoms with van der Waals surface area (Å²) in [7, 11) is 0. The topological polar surface area (TPSA) is 73.2 Å². The molecule has 0 atom stereocenters. The standard InChI is InChI=1S/C21H23N3O3/c1-3-20(25)16-8-10-17(11-9-16)27-14-21(26)22-12-13-24-15(2)23-18-6-4-5-7-19(18)24/h4-11H,3,12-14H2,1-2H3,(H,22,26). The third kappa shape index (κ3) is 4.53. The predicted molar refractivity (Wildman–Crippen MR) is 104 cm³/mol. The molecule has 6 heteroatoms. The van der Waals surface area contributed by atoms with Crippen LogP contribution < -0.4 is 10.1 Å². The maximum Gasteiger partial charge on any atom is 0.258 e. The Morgan fingerprint density at radius 2 is 1.85 bits per heavy atom. The molecule has 0 unspecified atom stereocenters. The summed E-state index contributed by atoms with van der Waals surface area (Å²) in [6, 6.07) is 14.8. The van der Waals surface area contributed by atoms with Gasteiger partial charge in [0.2, 0.25) is 0 Å². The van der Waals surface area contributed by atoms with E-state index in [0.29, 0.717) is 30.8 Å². The molecule has 0 spiro atoms. The normalized spacial score (nSPS) is 10.7. The van der Waals surface area contributed by atoms with Crippen molar-refractivity contribution in [3.05, 3.63) is 59.9 Å². The molecule has 27 heavy (non-hydrogen) atoms. The molecule has 0 aliphatic rings. The van der Waals surface area contributed by atoms with Crippen molar-refractivity contribution in [3.63, 3.8) is 0 Å². The van der Waals surface area contributed by atoms with Gasteiger partial charge in [0.25, 0.3) is 5.91 Å². The van der Waals surface area contributed by atoms with Crippen molar-refractivity contribution in [2.75, 3.05) is 13.2 Å². The van der Waals surface area contributed by atoms with E-state index in [4.69, 9.17) is 4.74 Å². The zero-order chi connectivity index (χ0) is 19.2. The van der Waals surface area contributed by atoms with E-state index in [-0.39, 0.29) is 18.3 Å². The quantitative estimate of drug-likeness (QED) is 0.623. The van der Waals surface area contributed by atoms with Gasteiger partial charge in [0.1, 0.15) is 11.6 Å². The van der Waals surface area contributed by atoms with Gasteiger partial charge in [-0.1, -0.05) is 19.1 Å². The van der Waals surface area contributed by atoms with Crippen LogP contribution in [-0.4, -0.2) is 34.4 Å². The average molecular weight is 365 g/mol. The SMILES string of the molecule is CCC(=O)c1ccc(OCC(=O)NCCn2c(C)nc3ccccc32)cc1. The minimum Gasteiger partial charge on any atom is -0.484 e. The summed E-state index contributed by atoms with van der Waals surface area (Å²) in [4.78, 5) is 28.1. The van der Waals surface area contributed by atoms with Gasteiger partial charge in [-0.15, -0.1) is 0 Å². The number of carbonyl (C=O) groups excluding carboxylic acids is 2. The Morgan fingerprint density at radius 3 is 2.59 bits per heavy atom. The van der Waals surface area contributed by atoms with Crippen molar-refractivity contribution >= 4 is 22.7 Å². The Morgan fingerprint density at radius 1 is 1.11 bits per heavy atom. The Bertz CT molecular complexity index is 945. The zero-order valence-electron chi connectivity index (χ0n) is 15.6. The smallest absolute Gasteiger partial charge is 0.258 e. The van der Waals surface area contributed by atoms with Gasteiger partial charge < -0.3 is 14.6 Å². The van der Waals surface area contributed by atoms with E-state index in [2.05, 4.69) is 14.9 Å². The zero-order valence-corrected chi connectivity index (χ0v) is 15.6. The van der Waals surface area contributed by atoms with E-state index in [0.717, 1.165) is 16.9 Å². The first-order valence-electron chi connectivity index (χ1n) is 9.03. The van der Waals surface area contributed by atoms with Gasteiger partial charge in [-0.3, -0.25) is 9.59 Å². The molecule has 0 aliphatic heterocycles. The summed E-state index contributed by atoms with van der Waals surface area (Å²) in [5.74, 6) is 1.38. The van der Waals surface area contributed by atoms with E-state index in [9.17, 15) is 9.59 Å². The predicted octanol–water partition coefficient (Wildman–Crippen LogP) is 3.13. The number of amides is 1. The Kier molecular flexibility index (Phi) is 5.86. The number of hydrogen-bond donors (Lipinski definition) is 1. The summed E-state index contributed by atoms with van der Waals surface area (Å²) in [6.07, 6.45) is 0.467. The van der Waals surface area contributed by atoms with E-state index < -0.39 is 0 Å². The lowest BCUT2D eigenvalue weighted by molar-refractivity contribution is -0.123. The van der Waals surface area contributed by atoms with Crippen molar-refractivity contribution in [2.45, 2.75) is 26.8 Å². The van der Waals surface area contributed by atoms with E-state index in [1.807, 2.05) is 38.1 Å². The maximum atomic E-state index is 12.0. The largest absolute Gasteiger partial charge is 0.484 e. The van der Waals surface area contributed by atoms with Gasteiger partial charge in [-0.2, -0.15) is 0 Å². The monoisotopic (exact) mass is 365 g/mol. The van der Waals surface area contributed by atoms with Crippen molar-refractivity contribution in [1.82, 2.24) is 14.9 Å². The highest BCUT2D eigenvalue weighted by Crippen LogP contribution is 2.15. The van der Waals surface area contributed by atoms with Gasteiger partial charge in [0, 0.05) is 25.1 Å². The minimum atomic E-state index is -0.189. The van der Waals surface area contributed by atoms with Crippen LogP contribution in [0.2, 0.25) is 0 Å². The number of para-hydroxylation sites is 2. The maximum absolute atomic E-state index is 12.0. The molecule has 1 aromatic heterocycles. The summed E-state index contributed by atoms with van der Waals surface area (Å²) in [5.41, 5.74) is 2.66. The molecule has 6 nitrogen and oxygen atoms in total. The van der Waals surface area contributed by atoms with Gasteiger partial charge in [-0.25, -0.2) is 4.98 Å². The van der Waals surface area contributed by atoms with Crippen molar-refractivity contribution < 1.29 is 14.3 Å². The van der Waals surface area contributed by atoms with Crippen LogP contribution in [0.1, 0.15) is 29.5 Å². The molecule has 0 bridgehead atoms. The van der Waals surface area contributed by atoms with Crippen molar-refractivity contribution in [1.29, 1.82) is 0 Å². The summed E-state index contributed by atoms with van der Waals surface area (Å²) in [6.45, 7) is 4.85. The molecule has 1 amide bonds. The highest BCUT2D eigenvalue weighted by molar-refractivity contribution is 5.95. The fourth-order valence-electron chi connectivity index (χ4n) is 2.93. The lowest BCUT2D eigenvalue weighted by atomic mass is 10.1. The number of benzene rings is 2. The number of nitrogens with one attached hydrogen (secondary N) is 1. The Balaban J connectivity index is 1.47. The molecule has 0 aliphatic carbocycles. The summed E-state index contributed by atoms with van der Waals surface area (Å²) < 4.78 is 7.56. The highest BCUT2D eigenvalue weighted by atomic mass is 16.5. The molecule has 0 saturated heterocycles. The fraction of sp³-hybridized carbons (Fsp3) is 0.286. The van der Waals surface area contributed by atoms with Crippen LogP contribution in [0, 0.1) is 6.92 Å². The molecule has 1 heterocycles. The number of ether oxygens (including phenoxy) is 1. The van der Waals surface area contributed by atoms with Crippen LogP contribution in [0.15, 0.2) is 48.5 Å². The number of nitrogens with zero attached hydrogens (tertiary/aromatic N) is 2. The first-order valence-corrected chi connectivity index (χ1v) is 9.03. The molecular weight excluding hydrogens is 342 g/mol. The first kappa shape index (κ1) is 18.6. The lowest BCUT2D eigenvalue weighted by Gasteiger charge is -2.10. The third-order valence-electron chi connectivity index (χ3n) is 4.37. The molecule has 0 fully saturated rings. The number of hydrogen-bond acceptors (Lipinski definition) is 4. The van der Waals surface area contributed by atoms with Crippen LogP contribution in [-0.2, 0) is 11.3 Å². The number of fused-ring (bicyclic) bond motifs is 1. The second-order valence-corrected chi connectivity index (χ2v) is 6.24. The second kappa shape index (κ2) is 8.49. The Hall–Kier alpha value is -3.15. The van der Waals surface area contributed by atoms with Crippen molar-refractivity contribution in [2.24, 2.45) is 0 Å². The van der Waals surface area contributed by atoms with Crippen LogP contribution in [0.5, 0.6) is 5.75 Å². The molecule has 3 aromatic rings. The van der Waals surface area contributed by atoms with Crippen LogP contribution in [0.4, 0.5) is 0 Å². The number of rotatable bonds is 8. The number of aryl methyl sites for hydroxylation is 1. The minimum absolute atomic E-state index is 0.0648. The van der Waals surface area contributed by atoms with E-state index in [1.54, 1.807) is 24.3 Å².